The Morgan fingerprint density at radius 1 is 1.30 bits per heavy atom. The molecular formula is C13H16ClN5S. The molecule has 0 saturated carbocycles. The summed E-state index contributed by atoms with van der Waals surface area (Å²) in [4.78, 5) is 16.0. The number of nitrogens with zero attached hydrogens (tertiary/aromatic N) is 4. The van der Waals surface area contributed by atoms with Crippen molar-refractivity contribution in [2.24, 2.45) is 0 Å². The number of hydrogen-bond acceptors (Lipinski definition) is 6. The highest BCUT2D eigenvalue weighted by Gasteiger charge is 2.22. The van der Waals surface area contributed by atoms with Crippen LogP contribution >= 0.6 is 22.9 Å². The summed E-state index contributed by atoms with van der Waals surface area (Å²) in [6.07, 6.45) is 5.69. The van der Waals surface area contributed by atoms with Crippen LogP contribution in [0.2, 0.25) is 5.02 Å². The lowest BCUT2D eigenvalue weighted by Gasteiger charge is -2.27. The van der Waals surface area contributed by atoms with E-state index in [1.807, 2.05) is 6.20 Å². The standard InChI is InChI=1S/C13H16ClN5S/c1-19-4-2-8(3-5-19)12-16-7-10(20-12)11-9(14)6-17-13(15)18-11/h6-8H,2-5H2,1H3,(H2,15,17,18). The molecule has 0 aliphatic carbocycles. The first-order valence-electron chi connectivity index (χ1n) is 6.56. The lowest BCUT2D eigenvalue weighted by atomic mass is 9.98. The second-order valence-corrected chi connectivity index (χ2v) is 6.53. The number of rotatable bonds is 2. The fourth-order valence-electron chi connectivity index (χ4n) is 2.39. The molecule has 5 nitrogen and oxygen atoms in total. The van der Waals surface area contributed by atoms with Crippen LogP contribution in [-0.2, 0) is 0 Å². The SMILES string of the molecule is CN1CCC(c2ncc(-c3nc(N)ncc3Cl)s2)CC1. The van der Waals surface area contributed by atoms with Crippen molar-refractivity contribution in [1.82, 2.24) is 19.9 Å². The number of hydrogen-bond donors (Lipinski definition) is 1. The van der Waals surface area contributed by atoms with Crippen molar-refractivity contribution in [3.63, 3.8) is 0 Å². The average Bonchev–Trinajstić information content (AvgIpc) is 2.92. The number of nitrogens with two attached hydrogens (primary N) is 1. The van der Waals surface area contributed by atoms with Crippen molar-refractivity contribution in [2.45, 2.75) is 18.8 Å². The van der Waals surface area contributed by atoms with Gasteiger partial charge in [-0.15, -0.1) is 11.3 Å². The fraction of sp³-hybridized carbons (Fsp3) is 0.462. The molecule has 0 unspecified atom stereocenters. The number of anilines is 1. The molecule has 0 radical (unpaired) electrons. The van der Waals surface area contributed by atoms with Crippen LogP contribution in [-0.4, -0.2) is 40.0 Å². The number of halogens is 1. The second-order valence-electron chi connectivity index (χ2n) is 5.07. The molecule has 1 aliphatic heterocycles. The summed E-state index contributed by atoms with van der Waals surface area (Å²) >= 11 is 7.79. The van der Waals surface area contributed by atoms with Crippen molar-refractivity contribution in [2.75, 3.05) is 25.9 Å². The zero-order valence-electron chi connectivity index (χ0n) is 11.2. The Bertz CT molecular complexity index is 607. The zero-order valence-corrected chi connectivity index (χ0v) is 12.8. The molecule has 1 saturated heterocycles. The monoisotopic (exact) mass is 309 g/mol. The van der Waals surface area contributed by atoms with Crippen molar-refractivity contribution < 1.29 is 0 Å². The molecule has 7 heteroatoms. The summed E-state index contributed by atoms with van der Waals surface area (Å²) in [5.74, 6) is 0.779. The Morgan fingerprint density at radius 2 is 2.05 bits per heavy atom. The maximum atomic E-state index is 6.14. The third-order valence-corrected chi connectivity index (χ3v) is 5.03. The van der Waals surface area contributed by atoms with Gasteiger partial charge in [0.05, 0.1) is 21.1 Å². The van der Waals surface area contributed by atoms with E-state index < -0.39 is 0 Å². The van der Waals surface area contributed by atoms with Crippen molar-refractivity contribution in [3.05, 3.63) is 22.4 Å². The summed E-state index contributed by atoms with van der Waals surface area (Å²) in [6, 6.07) is 0. The molecule has 0 bridgehead atoms. The molecule has 3 rings (SSSR count). The van der Waals surface area contributed by atoms with Gasteiger partial charge in [-0.25, -0.2) is 15.0 Å². The summed E-state index contributed by atoms with van der Waals surface area (Å²) in [6.45, 7) is 2.25. The Labute approximate surface area is 126 Å². The quantitative estimate of drug-likeness (QED) is 0.923. The molecule has 2 N–H and O–H groups in total. The van der Waals surface area contributed by atoms with Crippen LogP contribution in [0.3, 0.4) is 0 Å². The molecule has 0 spiro atoms. The number of aromatic nitrogens is 3. The van der Waals surface area contributed by atoms with Gasteiger partial charge in [0.15, 0.2) is 0 Å². The molecule has 0 aromatic carbocycles. The minimum Gasteiger partial charge on any atom is -0.368 e. The van der Waals surface area contributed by atoms with Crippen LogP contribution in [0.4, 0.5) is 5.95 Å². The minimum absolute atomic E-state index is 0.235. The van der Waals surface area contributed by atoms with E-state index in [1.54, 1.807) is 11.3 Å². The molecule has 2 aromatic rings. The summed E-state index contributed by atoms with van der Waals surface area (Å²) in [7, 11) is 2.16. The first-order chi connectivity index (χ1) is 9.63. The highest BCUT2D eigenvalue weighted by molar-refractivity contribution is 7.15. The van der Waals surface area contributed by atoms with Gasteiger partial charge >= 0.3 is 0 Å². The highest BCUT2D eigenvalue weighted by Crippen LogP contribution is 2.36. The van der Waals surface area contributed by atoms with Crippen LogP contribution in [0.15, 0.2) is 12.4 Å². The van der Waals surface area contributed by atoms with Crippen molar-refractivity contribution >= 4 is 28.9 Å². The van der Waals surface area contributed by atoms with E-state index in [1.165, 1.54) is 11.2 Å². The maximum Gasteiger partial charge on any atom is 0.220 e. The van der Waals surface area contributed by atoms with E-state index in [2.05, 4.69) is 26.9 Å². The first kappa shape index (κ1) is 13.7. The van der Waals surface area contributed by atoms with E-state index in [-0.39, 0.29) is 5.95 Å². The molecule has 20 heavy (non-hydrogen) atoms. The van der Waals surface area contributed by atoms with Crippen LogP contribution < -0.4 is 5.73 Å². The normalized spacial score (nSPS) is 17.5. The molecule has 1 fully saturated rings. The average molecular weight is 310 g/mol. The van der Waals surface area contributed by atoms with E-state index in [9.17, 15) is 0 Å². The zero-order chi connectivity index (χ0) is 14.1. The van der Waals surface area contributed by atoms with E-state index in [0.29, 0.717) is 16.6 Å². The van der Waals surface area contributed by atoms with Gasteiger partial charge in [0, 0.05) is 12.1 Å². The van der Waals surface area contributed by atoms with Gasteiger partial charge in [0.1, 0.15) is 5.69 Å². The van der Waals surface area contributed by atoms with Gasteiger partial charge in [0.2, 0.25) is 5.95 Å². The van der Waals surface area contributed by atoms with Gasteiger partial charge in [-0.2, -0.15) is 0 Å². The summed E-state index contributed by atoms with van der Waals surface area (Å²) in [5.41, 5.74) is 6.30. The largest absolute Gasteiger partial charge is 0.368 e. The predicted octanol–water partition coefficient (Wildman–Crippen LogP) is 2.64. The first-order valence-corrected chi connectivity index (χ1v) is 7.75. The highest BCUT2D eigenvalue weighted by atomic mass is 35.5. The van der Waals surface area contributed by atoms with Crippen molar-refractivity contribution in [3.8, 4) is 10.6 Å². The van der Waals surface area contributed by atoms with Gasteiger partial charge in [-0.1, -0.05) is 11.6 Å². The number of thiazole rings is 1. The molecule has 2 aromatic heterocycles. The lowest BCUT2D eigenvalue weighted by Crippen LogP contribution is -2.29. The van der Waals surface area contributed by atoms with Gasteiger partial charge in [-0.3, -0.25) is 0 Å². The van der Waals surface area contributed by atoms with Gasteiger partial charge in [-0.05, 0) is 33.0 Å². The number of nitrogen functional groups attached to an aromatic ring is 1. The van der Waals surface area contributed by atoms with Crippen LogP contribution in [0.5, 0.6) is 0 Å². The number of piperidine rings is 1. The minimum atomic E-state index is 0.235. The van der Waals surface area contributed by atoms with Gasteiger partial charge < -0.3 is 10.6 Å². The molecule has 106 valence electrons. The lowest BCUT2D eigenvalue weighted by molar-refractivity contribution is 0.255. The predicted molar refractivity (Wildman–Crippen MR) is 82.0 cm³/mol. The second kappa shape index (κ2) is 5.63. The fourth-order valence-corrected chi connectivity index (χ4v) is 3.73. The van der Waals surface area contributed by atoms with Crippen LogP contribution in [0.1, 0.15) is 23.8 Å². The number of likely N-dealkylation sites (tertiary alicyclic amines) is 1. The topological polar surface area (TPSA) is 67.9 Å². The van der Waals surface area contributed by atoms with Crippen LogP contribution in [0.25, 0.3) is 10.6 Å². The Kier molecular flexibility index (Phi) is 3.87. The summed E-state index contributed by atoms with van der Waals surface area (Å²) < 4.78 is 0. The molecule has 3 heterocycles. The molecular weight excluding hydrogens is 294 g/mol. The van der Waals surface area contributed by atoms with E-state index >= 15 is 0 Å². The van der Waals surface area contributed by atoms with Crippen LogP contribution in [0, 0.1) is 0 Å². The molecule has 0 amide bonds. The summed E-state index contributed by atoms with van der Waals surface area (Å²) in [5, 5.41) is 1.68. The smallest absolute Gasteiger partial charge is 0.220 e. The third kappa shape index (κ3) is 2.77. The maximum absolute atomic E-state index is 6.14. The Balaban J connectivity index is 1.85. The molecule has 1 aliphatic rings. The molecule has 0 atom stereocenters. The van der Waals surface area contributed by atoms with Crippen molar-refractivity contribution in [1.29, 1.82) is 0 Å². The van der Waals surface area contributed by atoms with E-state index in [0.717, 1.165) is 30.8 Å². The Hall–Kier alpha value is -1.24. The van der Waals surface area contributed by atoms with E-state index in [4.69, 9.17) is 17.3 Å². The Morgan fingerprint density at radius 3 is 2.80 bits per heavy atom. The third-order valence-electron chi connectivity index (χ3n) is 3.59. The van der Waals surface area contributed by atoms with Gasteiger partial charge in [0.25, 0.3) is 0 Å².